The van der Waals surface area contributed by atoms with Gasteiger partial charge in [-0.05, 0) is 30.7 Å². The van der Waals surface area contributed by atoms with Gasteiger partial charge in [-0.2, -0.15) is 0 Å². The summed E-state index contributed by atoms with van der Waals surface area (Å²) in [6, 6.07) is 7.78. The zero-order chi connectivity index (χ0) is 15.5. The molecule has 22 heavy (non-hydrogen) atoms. The highest BCUT2D eigenvalue weighted by atomic mass is 16.5. The van der Waals surface area contributed by atoms with E-state index in [4.69, 9.17) is 4.74 Å². The summed E-state index contributed by atoms with van der Waals surface area (Å²) in [4.78, 5) is 16.6. The van der Waals surface area contributed by atoms with Crippen LogP contribution in [0.4, 0.5) is 5.69 Å². The van der Waals surface area contributed by atoms with Gasteiger partial charge in [-0.15, -0.1) is 0 Å². The standard InChI is InChI=1S/C16H23N3O3/c1-22-14-4-2-12(3-5-14)18-6-8-19(9-7-18)16(21)15-10-13(20)11-17-15/h2-5,13,15,17,20H,6-11H2,1H3/t13-,15-/m0/s1. The van der Waals surface area contributed by atoms with E-state index in [1.54, 1.807) is 7.11 Å². The third-order valence-corrected chi connectivity index (χ3v) is 4.43. The Labute approximate surface area is 130 Å². The maximum absolute atomic E-state index is 12.4. The van der Waals surface area contributed by atoms with Crippen LogP contribution in [0.25, 0.3) is 0 Å². The van der Waals surface area contributed by atoms with E-state index in [-0.39, 0.29) is 11.9 Å². The predicted octanol–water partition coefficient (Wildman–Crippen LogP) is 0.0666. The summed E-state index contributed by atoms with van der Waals surface area (Å²) in [7, 11) is 1.66. The Kier molecular flexibility index (Phi) is 4.49. The highest BCUT2D eigenvalue weighted by Gasteiger charge is 2.32. The normalized spacial score (nSPS) is 25.4. The van der Waals surface area contributed by atoms with Gasteiger partial charge in [-0.3, -0.25) is 4.79 Å². The van der Waals surface area contributed by atoms with Crippen molar-refractivity contribution in [2.75, 3.05) is 44.7 Å². The Bertz CT molecular complexity index is 512. The van der Waals surface area contributed by atoms with E-state index in [0.717, 1.165) is 37.6 Å². The van der Waals surface area contributed by atoms with Crippen LogP contribution in [0, 0.1) is 0 Å². The number of hydrogen-bond acceptors (Lipinski definition) is 5. The molecule has 6 nitrogen and oxygen atoms in total. The number of carbonyl (C=O) groups excluding carboxylic acids is 1. The lowest BCUT2D eigenvalue weighted by Crippen LogP contribution is -2.53. The fraction of sp³-hybridized carbons (Fsp3) is 0.562. The number of carbonyl (C=O) groups is 1. The molecule has 2 aliphatic heterocycles. The van der Waals surface area contributed by atoms with Crippen LogP contribution in [-0.2, 0) is 4.79 Å². The van der Waals surface area contributed by atoms with E-state index in [9.17, 15) is 9.90 Å². The first-order valence-corrected chi connectivity index (χ1v) is 7.76. The average Bonchev–Trinajstić information content (AvgIpc) is 3.01. The molecule has 0 unspecified atom stereocenters. The fourth-order valence-corrected chi connectivity index (χ4v) is 3.10. The van der Waals surface area contributed by atoms with Crippen molar-refractivity contribution >= 4 is 11.6 Å². The molecule has 2 N–H and O–H groups in total. The van der Waals surface area contributed by atoms with Gasteiger partial charge in [-0.1, -0.05) is 0 Å². The molecule has 2 atom stereocenters. The van der Waals surface area contributed by atoms with Crippen molar-refractivity contribution in [3.05, 3.63) is 24.3 Å². The number of methoxy groups -OCH3 is 1. The number of β-amino-alcohol motifs (C(OH)–C–C–N with tert-alkyl or cyclic N) is 1. The van der Waals surface area contributed by atoms with E-state index in [1.165, 1.54) is 0 Å². The molecule has 120 valence electrons. The van der Waals surface area contributed by atoms with E-state index in [0.29, 0.717) is 13.0 Å². The quantitative estimate of drug-likeness (QED) is 0.827. The zero-order valence-electron chi connectivity index (χ0n) is 12.9. The van der Waals surface area contributed by atoms with Crippen molar-refractivity contribution in [2.45, 2.75) is 18.6 Å². The number of rotatable bonds is 3. The molecule has 0 aliphatic carbocycles. The molecule has 0 spiro atoms. The van der Waals surface area contributed by atoms with Crippen LogP contribution in [0.5, 0.6) is 5.75 Å². The Morgan fingerprint density at radius 3 is 2.45 bits per heavy atom. The molecule has 1 amide bonds. The molecule has 0 aromatic heterocycles. The minimum Gasteiger partial charge on any atom is -0.497 e. The van der Waals surface area contributed by atoms with Gasteiger partial charge in [0.15, 0.2) is 0 Å². The molecule has 2 fully saturated rings. The maximum atomic E-state index is 12.4. The number of aliphatic hydroxyl groups is 1. The Morgan fingerprint density at radius 2 is 1.91 bits per heavy atom. The average molecular weight is 305 g/mol. The number of benzene rings is 1. The lowest BCUT2D eigenvalue weighted by Gasteiger charge is -2.37. The third kappa shape index (κ3) is 3.18. The second kappa shape index (κ2) is 6.54. The molecular weight excluding hydrogens is 282 g/mol. The van der Waals surface area contributed by atoms with Crippen LogP contribution in [-0.4, -0.2) is 67.9 Å². The fourth-order valence-electron chi connectivity index (χ4n) is 3.10. The summed E-state index contributed by atoms with van der Waals surface area (Å²) in [6.07, 6.45) is 0.131. The van der Waals surface area contributed by atoms with Crippen LogP contribution in [0.1, 0.15) is 6.42 Å². The van der Waals surface area contributed by atoms with Gasteiger partial charge >= 0.3 is 0 Å². The van der Waals surface area contributed by atoms with Gasteiger partial charge in [0, 0.05) is 38.4 Å². The second-order valence-electron chi connectivity index (χ2n) is 5.86. The summed E-state index contributed by atoms with van der Waals surface area (Å²) in [6.45, 7) is 3.61. The van der Waals surface area contributed by atoms with Crippen LogP contribution in [0.3, 0.4) is 0 Å². The molecule has 0 saturated carbocycles. The molecule has 1 aromatic carbocycles. The number of amides is 1. The third-order valence-electron chi connectivity index (χ3n) is 4.43. The van der Waals surface area contributed by atoms with Gasteiger partial charge in [0.2, 0.25) is 5.91 Å². The van der Waals surface area contributed by atoms with Crippen LogP contribution < -0.4 is 15.0 Å². The van der Waals surface area contributed by atoms with E-state index >= 15 is 0 Å². The van der Waals surface area contributed by atoms with Crippen molar-refractivity contribution in [3.63, 3.8) is 0 Å². The first kappa shape index (κ1) is 15.1. The van der Waals surface area contributed by atoms with Crippen molar-refractivity contribution < 1.29 is 14.6 Å². The molecule has 0 radical (unpaired) electrons. The Hall–Kier alpha value is -1.79. The summed E-state index contributed by atoms with van der Waals surface area (Å²) in [5.74, 6) is 0.967. The molecule has 3 rings (SSSR count). The largest absolute Gasteiger partial charge is 0.497 e. The Balaban J connectivity index is 1.54. The number of aliphatic hydroxyl groups excluding tert-OH is 1. The lowest BCUT2D eigenvalue weighted by molar-refractivity contribution is -0.133. The van der Waals surface area contributed by atoms with E-state index in [2.05, 4.69) is 10.2 Å². The molecule has 1 aromatic rings. The van der Waals surface area contributed by atoms with Crippen molar-refractivity contribution in [2.24, 2.45) is 0 Å². The van der Waals surface area contributed by atoms with Gasteiger partial charge in [0.1, 0.15) is 5.75 Å². The molecule has 2 saturated heterocycles. The molecule has 2 heterocycles. The first-order chi connectivity index (χ1) is 10.7. The van der Waals surface area contributed by atoms with Crippen LogP contribution in [0.2, 0.25) is 0 Å². The number of ether oxygens (including phenoxy) is 1. The van der Waals surface area contributed by atoms with Gasteiger partial charge < -0.3 is 25.0 Å². The summed E-state index contributed by atoms with van der Waals surface area (Å²) >= 11 is 0. The molecule has 2 aliphatic rings. The number of nitrogens with one attached hydrogen (secondary N) is 1. The number of anilines is 1. The highest BCUT2D eigenvalue weighted by molar-refractivity contribution is 5.82. The Morgan fingerprint density at radius 1 is 1.23 bits per heavy atom. The lowest BCUT2D eigenvalue weighted by atomic mass is 10.1. The molecule has 6 heteroatoms. The van der Waals surface area contributed by atoms with Gasteiger partial charge in [0.25, 0.3) is 0 Å². The predicted molar refractivity (Wildman–Crippen MR) is 84.2 cm³/mol. The zero-order valence-corrected chi connectivity index (χ0v) is 12.9. The number of hydrogen-bond donors (Lipinski definition) is 2. The number of nitrogens with zero attached hydrogens (tertiary/aromatic N) is 2. The van der Waals surface area contributed by atoms with E-state index in [1.807, 2.05) is 29.2 Å². The minimum atomic E-state index is -0.394. The highest BCUT2D eigenvalue weighted by Crippen LogP contribution is 2.21. The topological polar surface area (TPSA) is 65.0 Å². The first-order valence-electron chi connectivity index (χ1n) is 7.76. The molecular formula is C16H23N3O3. The number of piperazine rings is 1. The maximum Gasteiger partial charge on any atom is 0.239 e. The SMILES string of the molecule is COc1ccc(N2CCN(C(=O)[C@@H]3C[C@H](O)CN3)CC2)cc1. The minimum absolute atomic E-state index is 0.117. The van der Waals surface area contributed by atoms with Gasteiger partial charge in [0.05, 0.1) is 19.3 Å². The van der Waals surface area contributed by atoms with Gasteiger partial charge in [-0.25, -0.2) is 0 Å². The summed E-state index contributed by atoms with van der Waals surface area (Å²) in [5, 5.41) is 12.6. The van der Waals surface area contributed by atoms with Crippen molar-refractivity contribution in [1.82, 2.24) is 10.2 Å². The monoisotopic (exact) mass is 305 g/mol. The summed E-state index contributed by atoms with van der Waals surface area (Å²) in [5.41, 5.74) is 1.15. The smallest absolute Gasteiger partial charge is 0.239 e. The van der Waals surface area contributed by atoms with E-state index < -0.39 is 6.10 Å². The second-order valence-corrected chi connectivity index (χ2v) is 5.86. The van der Waals surface area contributed by atoms with Crippen LogP contribution >= 0.6 is 0 Å². The van der Waals surface area contributed by atoms with Crippen LogP contribution in [0.15, 0.2) is 24.3 Å². The van der Waals surface area contributed by atoms with Crippen molar-refractivity contribution in [1.29, 1.82) is 0 Å². The van der Waals surface area contributed by atoms with Crippen molar-refractivity contribution in [3.8, 4) is 5.75 Å². The summed E-state index contributed by atoms with van der Waals surface area (Å²) < 4.78 is 5.17. The molecule has 0 bridgehead atoms.